The first-order chi connectivity index (χ1) is 12.6. The average Bonchev–Trinajstić information content (AvgIpc) is 3.01. The first-order valence-corrected chi connectivity index (χ1v) is 8.87. The molecular formula is C23H19N3. The predicted molar refractivity (Wildman–Crippen MR) is 108 cm³/mol. The number of rotatable bonds is 1. The summed E-state index contributed by atoms with van der Waals surface area (Å²) in [6.45, 7) is 6.47. The Morgan fingerprint density at radius 1 is 0.731 bits per heavy atom. The number of nitrogens with zero attached hydrogens (tertiary/aromatic N) is 3. The van der Waals surface area contributed by atoms with Gasteiger partial charge in [0.25, 0.3) is 0 Å². The molecule has 0 fully saturated rings. The Morgan fingerprint density at radius 2 is 1.38 bits per heavy atom. The van der Waals surface area contributed by atoms with Crippen molar-refractivity contribution in [2.24, 2.45) is 0 Å². The fourth-order valence-corrected chi connectivity index (χ4v) is 4.05. The van der Waals surface area contributed by atoms with Gasteiger partial charge in [0, 0.05) is 10.9 Å². The zero-order valence-electron chi connectivity index (χ0n) is 15.1. The molecule has 0 bridgehead atoms. The molecule has 0 spiro atoms. The van der Waals surface area contributed by atoms with Crippen LogP contribution in [0.15, 0.2) is 60.7 Å². The molecule has 0 N–H and O–H groups in total. The van der Waals surface area contributed by atoms with Crippen molar-refractivity contribution in [3.05, 3.63) is 77.4 Å². The normalized spacial score (nSPS) is 11.7. The fraction of sp³-hybridized carbons (Fsp3) is 0.130. The number of aromatic nitrogens is 3. The van der Waals surface area contributed by atoms with E-state index in [0.29, 0.717) is 0 Å². The van der Waals surface area contributed by atoms with Crippen LogP contribution in [0.4, 0.5) is 0 Å². The molecule has 0 saturated heterocycles. The van der Waals surface area contributed by atoms with Crippen LogP contribution in [0.1, 0.15) is 16.7 Å². The highest BCUT2D eigenvalue weighted by atomic mass is 15.1. The van der Waals surface area contributed by atoms with Crippen LogP contribution < -0.4 is 0 Å². The Balaban J connectivity index is 2.05. The van der Waals surface area contributed by atoms with Gasteiger partial charge in [-0.2, -0.15) is 0 Å². The van der Waals surface area contributed by atoms with E-state index in [1.807, 2.05) is 18.2 Å². The summed E-state index contributed by atoms with van der Waals surface area (Å²) in [5, 5.41) is 1.08. The van der Waals surface area contributed by atoms with Crippen molar-refractivity contribution in [1.82, 2.24) is 14.4 Å². The van der Waals surface area contributed by atoms with Crippen LogP contribution in [-0.4, -0.2) is 14.4 Å². The molecule has 2 aromatic heterocycles. The van der Waals surface area contributed by atoms with E-state index in [9.17, 15) is 0 Å². The molecule has 5 aromatic rings. The summed E-state index contributed by atoms with van der Waals surface area (Å²) in [6.07, 6.45) is 0. The third-order valence-corrected chi connectivity index (χ3v) is 5.04. The third kappa shape index (κ3) is 2.07. The zero-order chi connectivity index (χ0) is 17.8. The van der Waals surface area contributed by atoms with Crippen molar-refractivity contribution < 1.29 is 0 Å². The Kier molecular flexibility index (Phi) is 3.13. The second-order valence-corrected chi connectivity index (χ2v) is 6.99. The number of hydrogen-bond acceptors (Lipinski definition) is 2. The summed E-state index contributed by atoms with van der Waals surface area (Å²) in [5.74, 6) is 0.961. The Labute approximate surface area is 152 Å². The second-order valence-electron chi connectivity index (χ2n) is 6.99. The van der Waals surface area contributed by atoms with E-state index in [-0.39, 0.29) is 0 Å². The zero-order valence-corrected chi connectivity index (χ0v) is 15.1. The third-order valence-electron chi connectivity index (χ3n) is 5.04. The van der Waals surface area contributed by atoms with Gasteiger partial charge in [-0.1, -0.05) is 42.0 Å². The number of benzene rings is 3. The van der Waals surface area contributed by atoms with E-state index in [2.05, 4.69) is 67.6 Å². The van der Waals surface area contributed by atoms with Crippen molar-refractivity contribution in [2.75, 3.05) is 0 Å². The highest BCUT2D eigenvalue weighted by Gasteiger charge is 2.17. The monoisotopic (exact) mass is 337 g/mol. The Hall–Kier alpha value is -3.20. The molecule has 0 aliphatic rings. The summed E-state index contributed by atoms with van der Waals surface area (Å²) in [6, 6.07) is 21.0. The van der Waals surface area contributed by atoms with Crippen LogP contribution in [-0.2, 0) is 0 Å². The molecule has 26 heavy (non-hydrogen) atoms. The minimum absolute atomic E-state index is 0.961. The predicted octanol–water partition coefficient (Wildman–Crippen LogP) is 5.63. The summed E-state index contributed by atoms with van der Waals surface area (Å²) in [4.78, 5) is 10.00. The molecule has 0 radical (unpaired) electrons. The van der Waals surface area contributed by atoms with Crippen molar-refractivity contribution >= 4 is 27.6 Å². The average molecular weight is 337 g/mol. The molecule has 0 amide bonds. The van der Waals surface area contributed by atoms with Crippen LogP contribution >= 0.6 is 0 Å². The lowest BCUT2D eigenvalue weighted by Gasteiger charge is -2.14. The van der Waals surface area contributed by atoms with Crippen molar-refractivity contribution in [1.29, 1.82) is 0 Å². The van der Waals surface area contributed by atoms with E-state index < -0.39 is 0 Å². The lowest BCUT2D eigenvalue weighted by atomic mass is 9.99. The minimum Gasteiger partial charge on any atom is -0.276 e. The number of fused-ring (bicyclic) bond motifs is 5. The quantitative estimate of drug-likeness (QED) is 0.397. The number of imidazole rings is 1. The second kappa shape index (κ2) is 5.40. The van der Waals surface area contributed by atoms with Gasteiger partial charge in [-0.15, -0.1) is 0 Å². The van der Waals surface area contributed by atoms with Crippen LogP contribution in [0, 0.1) is 20.8 Å². The summed E-state index contributed by atoms with van der Waals surface area (Å²) in [5.41, 5.74) is 8.97. The molecular weight excluding hydrogens is 318 g/mol. The standard InChI is InChI=1S/C23H19N3/c1-14-12-15(2)21(16(3)13-14)23-24-18-9-5-4-8-17(18)22-25-19-10-6-7-11-20(19)26(22)23/h4-13H,1-3H3. The van der Waals surface area contributed by atoms with Gasteiger partial charge >= 0.3 is 0 Å². The van der Waals surface area contributed by atoms with E-state index in [4.69, 9.17) is 9.97 Å². The van der Waals surface area contributed by atoms with Gasteiger partial charge in [-0.25, -0.2) is 9.97 Å². The highest BCUT2D eigenvalue weighted by molar-refractivity contribution is 5.98. The first kappa shape index (κ1) is 15.1. The maximum Gasteiger partial charge on any atom is 0.149 e. The molecule has 0 aliphatic carbocycles. The summed E-state index contributed by atoms with van der Waals surface area (Å²) in [7, 11) is 0. The lowest BCUT2D eigenvalue weighted by Crippen LogP contribution is -2.01. The van der Waals surface area contributed by atoms with E-state index in [1.165, 1.54) is 22.3 Å². The van der Waals surface area contributed by atoms with Gasteiger partial charge in [0.2, 0.25) is 0 Å². The minimum atomic E-state index is 0.961. The fourth-order valence-electron chi connectivity index (χ4n) is 4.05. The molecule has 2 heterocycles. The van der Waals surface area contributed by atoms with E-state index in [1.54, 1.807) is 0 Å². The molecule has 126 valence electrons. The maximum absolute atomic E-state index is 5.07. The SMILES string of the molecule is Cc1cc(C)c(-c2nc3ccccc3c3nc4ccccc4n23)c(C)c1. The van der Waals surface area contributed by atoms with Crippen LogP contribution in [0.25, 0.3) is 39.0 Å². The lowest BCUT2D eigenvalue weighted by molar-refractivity contribution is 1.14. The summed E-state index contributed by atoms with van der Waals surface area (Å²) >= 11 is 0. The molecule has 3 nitrogen and oxygen atoms in total. The molecule has 0 atom stereocenters. The molecule has 3 heteroatoms. The Morgan fingerprint density at radius 3 is 2.15 bits per heavy atom. The van der Waals surface area contributed by atoms with Crippen LogP contribution in [0.2, 0.25) is 0 Å². The largest absolute Gasteiger partial charge is 0.276 e. The molecule has 3 aromatic carbocycles. The molecule has 5 rings (SSSR count). The molecule has 0 saturated carbocycles. The maximum atomic E-state index is 5.07. The van der Waals surface area contributed by atoms with Crippen molar-refractivity contribution in [3.8, 4) is 11.4 Å². The van der Waals surface area contributed by atoms with Gasteiger partial charge in [0.1, 0.15) is 11.5 Å². The number of para-hydroxylation sites is 3. The van der Waals surface area contributed by atoms with Gasteiger partial charge in [-0.05, 0) is 56.2 Å². The van der Waals surface area contributed by atoms with Gasteiger partial charge in [-0.3, -0.25) is 4.40 Å². The Bertz CT molecular complexity index is 1290. The number of aryl methyl sites for hydroxylation is 3. The van der Waals surface area contributed by atoms with Crippen molar-refractivity contribution in [2.45, 2.75) is 20.8 Å². The van der Waals surface area contributed by atoms with Gasteiger partial charge in [0.05, 0.1) is 16.6 Å². The van der Waals surface area contributed by atoms with Crippen LogP contribution in [0.5, 0.6) is 0 Å². The molecule has 0 aliphatic heterocycles. The van der Waals surface area contributed by atoms with Gasteiger partial charge in [0.15, 0.2) is 0 Å². The van der Waals surface area contributed by atoms with Crippen LogP contribution in [0.3, 0.4) is 0 Å². The topological polar surface area (TPSA) is 30.2 Å². The molecule has 0 unspecified atom stereocenters. The van der Waals surface area contributed by atoms with E-state index >= 15 is 0 Å². The van der Waals surface area contributed by atoms with E-state index in [0.717, 1.165) is 33.4 Å². The highest BCUT2D eigenvalue weighted by Crippen LogP contribution is 2.33. The van der Waals surface area contributed by atoms with Crippen molar-refractivity contribution in [3.63, 3.8) is 0 Å². The summed E-state index contributed by atoms with van der Waals surface area (Å²) < 4.78 is 2.21. The smallest absolute Gasteiger partial charge is 0.149 e. The van der Waals surface area contributed by atoms with Gasteiger partial charge < -0.3 is 0 Å². The number of hydrogen-bond donors (Lipinski definition) is 0. The first-order valence-electron chi connectivity index (χ1n) is 8.87.